The van der Waals surface area contributed by atoms with Gasteiger partial charge in [0.05, 0.1) is 5.75 Å². The molecule has 3 nitrogen and oxygen atoms in total. The summed E-state index contributed by atoms with van der Waals surface area (Å²) in [6, 6.07) is 5.72. The first-order chi connectivity index (χ1) is 7.81. The zero-order chi connectivity index (χ0) is 13.1. The highest BCUT2D eigenvalue weighted by Gasteiger charge is 2.15. The molecular weight excluding hydrogens is 258 g/mol. The number of nitrogens with one attached hydrogen (secondary N) is 1. The molecule has 5 heteroatoms. The minimum Gasteiger partial charge on any atom is -0.316 e. The molecule has 1 unspecified atom stereocenters. The summed E-state index contributed by atoms with van der Waals surface area (Å²) in [4.78, 5) is 0. The average Bonchev–Trinajstić information content (AvgIpc) is 2.19. The Morgan fingerprint density at radius 2 is 2.06 bits per heavy atom. The molecule has 0 fully saturated rings. The summed E-state index contributed by atoms with van der Waals surface area (Å²) in [7, 11) is -1.22. The van der Waals surface area contributed by atoms with Crippen molar-refractivity contribution in [3.63, 3.8) is 0 Å². The van der Waals surface area contributed by atoms with Gasteiger partial charge in [-0.1, -0.05) is 23.7 Å². The Kier molecular flexibility index (Phi) is 4.98. The zero-order valence-corrected chi connectivity index (χ0v) is 11.9. The largest absolute Gasteiger partial charge is 0.316 e. The van der Waals surface area contributed by atoms with E-state index in [1.54, 1.807) is 7.05 Å². The van der Waals surface area contributed by atoms with E-state index in [1.807, 2.05) is 25.1 Å². The van der Waals surface area contributed by atoms with E-state index in [0.717, 1.165) is 11.1 Å². The molecule has 0 amide bonds. The lowest BCUT2D eigenvalue weighted by atomic mass is 10.1. The molecule has 0 aliphatic rings. The van der Waals surface area contributed by atoms with Gasteiger partial charge in [-0.3, -0.25) is 0 Å². The molecule has 1 aromatic rings. The van der Waals surface area contributed by atoms with E-state index < -0.39 is 9.84 Å². The van der Waals surface area contributed by atoms with Crippen molar-refractivity contribution in [3.8, 4) is 0 Å². The van der Waals surface area contributed by atoms with Crippen molar-refractivity contribution in [2.45, 2.75) is 19.4 Å². The molecule has 0 saturated carbocycles. The normalized spacial score (nSPS) is 13.6. The Balaban J connectivity index is 2.81. The summed E-state index contributed by atoms with van der Waals surface area (Å²) in [5.74, 6) is 0.119. The van der Waals surface area contributed by atoms with Crippen molar-refractivity contribution in [2.75, 3.05) is 19.1 Å². The Morgan fingerprint density at radius 3 is 2.53 bits per heavy atom. The molecule has 1 rings (SSSR count). The smallest absolute Gasteiger partial charge is 0.148 e. The van der Waals surface area contributed by atoms with E-state index in [9.17, 15) is 8.42 Å². The van der Waals surface area contributed by atoms with Crippen molar-refractivity contribution >= 4 is 21.4 Å². The molecule has 1 N–H and O–H groups in total. The van der Waals surface area contributed by atoms with Crippen molar-refractivity contribution in [1.82, 2.24) is 5.32 Å². The number of hydrogen-bond acceptors (Lipinski definition) is 3. The van der Waals surface area contributed by atoms with Gasteiger partial charge in [-0.2, -0.15) is 0 Å². The molecule has 0 bridgehead atoms. The second-order valence-corrected chi connectivity index (χ2v) is 6.97. The molecular formula is C12H18ClNO2S. The van der Waals surface area contributed by atoms with Gasteiger partial charge in [0.25, 0.3) is 0 Å². The second-order valence-electron chi connectivity index (χ2n) is 4.38. The predicted molar refractivity (Wildman–Crippen MR) is 72.5 cm³/mol. The fourth-order valence-corrected chi connectivity index (χ4v) is 3.02. The quantitative estimate of drug-likeness (QED) is 0.892. The van der Waals surface area contributed by atoms with Gasteiger partial charge in [-0.15, -0.1) is 0 Å². The lowest BCUT2D eigenvalue weighted by Gasteiger charge is -2.16. The summed E-state index contributed by atoms with van der Waals surface area (Å²) >= 11 is 6.12. The number of rotatable bonds is 5. The molecule has 17 heavy (non-hydrogen) atoms. The van der Waals surface area contributed by atoms with Crippen molar-refractivity contribution < 1.29 is 8.42 Å². The highest BCUT2D eigenvalue weighted by Crippen LogP contribution is 2.19. The second kappa shape index (κ2) is 5.85. The third-order valence-electron chi connectivity index (χ3n) is 2.59. The number of likely N-dealkylation sites (N-methyl/N-ethyl adjacent to an activating group) is 1. The maximum absolute atomic E-state index is 11.3. The minimum absolute atomic E-state index is 0.106. The van der Waals surface area contributed by atoms with Crippen LogP contribution >= 0.6 is 11.6 Å². The number of halogens is 1. The van der Waals surface area contributed by atoms with Crippen LogP contribution in [0.5, 0.6) is 0 Å². The predicted octanol–water partition coefficient (Wildman–Crippen LogP) is 1.82. The Labute approximate surface area is 108 Å². The van der Waals surface area contributed by atoms with E-state index in [2.05, 4.69) is 5.32 Å². The van der Waals surface area contributed by atoms with Crippen LogP contribution in [0.4, 0.5) is 0 Å². The first-order valence-corrected chi connectivity index (χ1v) is 7.85. The first-order valence-electron chi connectivity index (χ1n) is 5.42. The topological polar surface area (TPSA) is 46.2 Å². The van der Waals surface area contributed by atoms with Gasteiger partial charge in [0, 0.05) is 17.3 Å². The van der Waals surface area contributed by atoms with E-state index >= 15 is 0 Å². The maximum Gasteiger partial charge on any atom is 0.148 e. The van der Waals surface area contributed by atoms with Crippen LogP contribution in [-0.2, 0) is 16.3 Å². The third kappa shape index (κ3) is 5.06. The standard InChI is InChI=1S/C12H18ClNO2S/c1-9-4-5-10(12(13)6-9)7-11(14-2)8-17(3,15)16/h4-6,11,14H,7-8H2,1-3H3. The molecule has 0 aliphatic heterocycles. The molecule has 0 aliphatic carbocycles. The lowest BCUT2D eigenvalue weighted by Crippen LogP contribution is -2.34. The Bertz CT molecular complexity index is 485. The van der Waals surface area contributed by atoms with Gasteiger partial charge in [-0.05, 0) is 37.6 Å². The highest BCUT2D eigenvalue weighted by atomic mass is 35.5. The fourth-order valence-electron chi connectivity index (χ4n) is 1.69. The third-order valence-corrected chi connectivity index (χ3v) is 3.95. The van der Waals surface area contributed by atoms with Crippen molar-refractivity contribution in [2.24, 2.45) is 0 Å². The fraction of sp³-hybridized carbons (Fsp3) is 0.500. The molecule has 0 saturated heterocycles. The van der Waals surface area contributed by atoms with E-state index in [1.165, 1.54) is 6.26 Å². The molecule has 0 heterocycles. The Morgan fingerprint density at radius 1 is 1.41 bits per heavy atom. The summed E-state index contributed by atoms with van der Waals surface area (Å²) in [5, 5.41) is 3.70. The summed E-state index contributed by atoms with van der Waals surface area (Å²) in [6.45, 7) is 1.97. The molecule has 1 atom stereocenters. The SMILES string of the molecule is CNC(Cc1ccc(C)cc1Cl)CS(C)(=O)=O. The number of sulfone groups is 1. The number of benzene rings is 1. The number of hydrogen-bond donors (Lipinski definition) is 1. The van der Waals surface area contributed by atoms with Gasteiger partial charge in [0.1, 0.15) is 9.84 Å². The highest BCUT2D eigenvalue weighted by molar-refractivity contribution is 7.90. The monoisotopic (exact) mass is 275 g/mol. The summed E-state index contributed by atoms with van der Waals surface area (Å²) in [5.41, 5.74) is 2.07. The average molecular weight is 276 g/mol. The Hall–Kier alpha value is -0.580. The first kappa shape index (κ1) is 14.5. The van der Waals surface area contributed by atoms with Crippen LogP contribution in [0.15, 0.2) is 18.2 Å². The van der Waals surface area contributed by atoms with Crippen molar-refractivity contribution in [3.05, 3.63) is 34.3 Å². The van der Waals surface area contributed by atoms with Gasteiger partial charge >= 0.3 is 0 Å². The van der Waals surface area contributed by atoms with Crippen LogP contribution in [0.25, 0.3) is 0 Å². The van der Waals surface area contributed by atoms with Crippen LogP contribution < -0.4 is 5.32 Å². The van der Waals surface area contributed by atoms with Crippen molar-refractivity contribution in [1.29, 1.82) is 0 Å². The maximum atomic E-state index is 11.3. The molecule has 0 radical (unpaired) electrons. The van der Waals surface area contributed by atoms with Gasteiger partial charge < -0.3 is 5.32 Å². The van der Waals surface area contributed by atoms with Gasteiger partial charge in [0.2, 0.25) is 0 Å². The molecule has 96 valence electrons. The van der Waals surface area contributed by atoms with Crippen LogP contribution in [0.3, 0.4) is 0 Å². The number of aryl methyl sites for hydroxylation is 1. The van der Waals surface area contributed by atoms with E-state index in [-0.39, 0.29) is 11.8 Å². The summed E-state index contributed by atoms with van der Waals surface area (Å²) in [6.07, 6.45) is 1.86. The van der Waals surface area contributed by atoms with Crippen LogP contribution in [0.1, 0.15) is 11.1 Å². The van der Waals surface area contributed by atoms with E-state index in [4.69, 9.17) is 11.6 Å². The summed E-state index contributed by atoms with van der Waals surface area (Å²) < 4.78 is 22.5. The van der Waals surface area contributed by atoms with Crippen LogP contribution in [-0.4, -0.2) is 33.5 Å². The molecule has 0 aromatic heterocycles. The zero-order valence-electron chi connectivity index (χ0n) is 10.3. The molecule has 1 aromatic carbocycles. The van der Waals surface area contributed by atoms with Gasteiger partial charge in [-0.25, -0.2) is 8.42 Å². The molecule has 0 spiro atoms. The minimum atomic E-state index is -2.98. The van der Waals surface area contributed by atoms with E-state index in [0.29, 0.717) is 11.4 Å². The van der Waals surface area contributed by atoms with Crippen LogP contribution in [0, 0.1) is 6.92 Å². The lowest BCUT2D eigenvalue weighted by molar-refractivity contribution is 0.567. The van der Waals surface area contributed by atoms with Gasteiger partial charge in [0.15, 0.2) is 0 Å². The van der Waals surface area contributed by atoms with Crippen LogP contribution in [0.2, 0.25) is 5.02 Å².